The van der Waals surface area contributed by atoms with Crippen molar-refractivity contribution in [1.82, 2.24) is 15.6 Å². The zero-order chi connectivity index (χ0) is 17.2. The molecule has 1 fully saturated rings. The van der Waals surface area contributed by atoms with Crippen LogP contribution in [0.25, 0.3) is 10.6 Å². The minimum atomic E-state index is 0.0429. The van der Waals surface area contributed by atoms with Gasteiger partial charge in [-0.15, -0.1) is 11.3 Å². The Morgan fingerprint density at radius 3 is 3.16 bits per heavy atom. The summed E-state index contributed by atoms with van der Waals surface area (Å²) in [4.78, 5) is 16.9. The third-order valence-corrected chi connectivity index (χ3v) is 5.58. The zero-order valence-corrected chi connectivity index (χ0v) is 14.9. The SMILES string of the molecule is CC1CNCCC1NC(=O)Cc1csc(-c2ccc3c(c2)OCO3)n1. The van der Waals surface area contributed by atoms with E-state index in [1.165, 1.54) is 11.3 Å². The number of ether oxygens (including phenoxy) is 2. The van der Waals surface area contributed by atoms with E-state index in [1.54, 1.807) is 0 Å². The van der Waals surface area contributed by atoms with Crippen molar-refractivity contribution in [2.24, 2.45) is 5.92 Å². The molecule has 7 heteroatoms. The summed E-state index contributed by atoms with van der Waals surface area (Å²) in [7, 11) is 0. The lowest BCUT2D eigenvalue weighted by atomic mass is 9.95. The number of fused-ring (bicyclic) bond motifs is 1. The number of hydrogen-bond donors (Lipinski definition) is 2. The Hall–Kier alpha value is -2.12. The fourth-order valence-electron chi connectivity index (χ4n) is 3.20. The van der Waals surface area contributed by atoms with Gasteiger partial charge in [0.05, 0.1) is 12.1 Å². The molecule has 1 amide bonds. The van der Waals surface area contributed by atoms with Crippen LogP contribution in [-0.4, -0.2) is 36.8 Å². The average Bonchev–Trinajstić information content (AvgIpc) is 3.25. The molecule has 25 heavy (non-hydrogen) atoms. The molecule has 2 aromatic rings. The molecular weight excluding hydrogens is 338 g/mol. The number of piperidine rings is 1. The Morgan fingerprint density at radius 2 is 2.28 bits per heavy atom. The lowest BCUT2D eigenvalue weighted by Crippen LogP contribution is -2.48. The van der Waals surface area contributed by atoms with E-state index in [-0.39, 0.29) is 18.7 Å². The predicted molar refractivity (Wildman–Crippen MR) is 96.0 cm³/mol. The van der Waals surface area contributed by atoms with Crippen LogP contribution in [-0.2, 0) is 11.2 Å². The molecular formula is C18H21N3O3S. The summed E-state index contributed by atoms with van der Waals surface area (Å²) in [5, 5.41) is 9.33. The van der Waals surface area contributed by atoms with Crippen molar-refractivity contribution >= 4 is 17.2 Å². The molecule has 4 rings (SSSR count). The Bertz CT molecular complexity index is 777. The van der Waals surface area contributed by atoms with Gasteiger partial charge in [-0.05, 0) is 43.6 Å². The summed E-state index contributed by atoms with van der Waals surface area (Å²) in [6.45, 7) is 4.34. The number of carbonyl (C=O) groups excluding carboxylic acids is 1. The standard InChI is InChI=1S/C18H21N3O3S/c1-11-8-19-5-4-14(11)21-17(22)7-13-9-25-18(20-13)12-2-3-15-16(6-12)24-10-23-15/h2-3,6,9,11,14,19H,4-5,7-8,10H2,1H3,(H,21,22). The molecule has 2 aliphatic rings. The summed E-state index contributed by atoms with van der Waals surface area (Å²) >= 11 is 1.54. The van der Waals surface area contributed by atoms with Crippen LogP contribution in [0.15, 0.2) is 23.6 Å². The number of nitrogens with one attached hydrogen (secondary N) is 2. The van der Waals surface area contributed by atoms with Crippen LogP contribution in [0.2, 0.25) is 0 Å². The maximum Gasteiger partial charge on any atom is 0.231 e. The van der Waals surface area contributed by atoms with Crippen LogP contribution < -0.4 is 20.1 Å². The van der Waals surface area contributed by atoms with Crippen molar-refractivity contribution in [2.75, 3.05) is 19.9 Å². The first-order valence-electron chi connectivity index (χ1n) is 8.53. The zero-order valence-electron chi connectivity index (χ0n) is 14.1. The summed E-state index contributed by atoms with van der Waals surface area (Å²) in [6, 6.07) is 6.04. The van der Waals surface area contributed by atoms with Crippen LogP contribution in [0.1, 0.15) is 19.0 Å². The third-order valence-electron chi connectivity index (χ3n) is 4.64. The first kappa shape index (κ1) is 16.4. The van der Waals surface area contributed by atoms with Gasteiger partial charge in [-0.2, -0.15) is 0 Å². The molecule has 1 aromatic heterocycles. The highest BCUT2D eigenvalue weighted by atomic mass is 32.1. The number of thiazole rings is 1. The highest BCUT2D eigenvalue weighted by Crippen LogP contribution is 2.36. The second-order valence-corrected chi connectivity index (χ2v) is 7.39. The minimum Gasteiger partial charge on any atom is -0.454 e. The van der Waals surface area contributed by atoms with E-state index in [0.29, 0.717) is 12.3 Å². The van der Waals surface area contributed by atoms with Gasteiger partial charge < -0.3 is 20.1 Å². The lowest BCUT2D eigenvalue weighted by molar-refractivity contribution is -0.121. The van der Waals surface area contributed by atoms with Crippen LogP contribution in [0.4, 0.5) is 0 Å². The topological polar surface area (TPSA) is 72.5 Å². The smallest absolute Gasteiger partial charge is 0.231 e. The van der Waals surface area contributed by atoms with Gasteiger partial charge in [0.1, 0.15) is 5.01 Å². The molecule has 1 aromatic carbocycles. The van der Waals surface area contributed by atoms with E-state index in [4.69, 9.17) is 9.47 Å². The van der Waals surface area contributed by atoms with Gasteiger partial charge in [0.25, 0.3) is 0 Å². The maximum absolute atomic E-state index is 12.3. The van der Waals surface area contributed by atoms with Crippen molar-refractivity contribution in [3.8, 4) is 22.1 Å². The van der Waals surface area contributed by atoms with Crippen molar-refractivity contribution in [2.45, 2.75) is 25.8 Å². The number of amides is 1. The molecule has 132 valence electrons. The summed E-state index contributed by atoms with van der Waals surface area (Å²) in [6.07, 6.45) is 1.30. The summed E-state index contributed by atoms with van der Waals surface area (Å²) < 4.78 is 10.7. The van der Waals surface area contributed by atoms with Gasteiger partial charge in [-0.1, -0.05) is 6.92 Å². The van der Waals surface area contributed by atoms with Crippen LogP contribution in [0, 0.1) is 5.92 Å². The predicted octanol–water partition coefficient (Wildman–Crippen LogP) is 2.20. The molecule has 0 radical (unpaired) electrons. The molecule has 2 atom stereocenters. The van der Waals surface area contributed by atoms with Gasteiger partial charge in [-0.25, -0.2) is 4.98 Å². The fraction of sp³-hybridized carbons (Fsp3) is 0.444. The van der Waals surface area contributed by atoms with Crippen molar-refractivity contribution in [1.29, 1.82) is 0 Å². The molecule has 0 aliphatic carbocycles. The quantitative estimate of drug-likeness (QED) is 0.876. The number of rotatable bonds is 4. The van der Waals surface area contributed by atoms with Gasteiger partial charge in [0.15, 0.2) is 11.5 Å². The number of hydrogen-bond acceptors (Lipinski definition) is 6. The fourth-order valence-corrected chi connectivity index (χ4v) is 4.02. The van der Waals surface area contributed by atoms with Crippen molar-refractivity contribution < 1.29 is 14.3 Å². The number of benzene rings is 1. The first-order valence-corrected chi connectivity index (χ1v) is 9.41. The maximum atomic E-state index is 12.3. The van der Waals surface area contributed by atoms with Crippen LogP contribution in [0.5, 0.6) is 11.5 Å². The number of nitrogens with zero attached hydrogens (tertiary/aromatic N) is 1. The highest BCUT2D eigenvalue weighted by molar-refractivity contribution is 7.13. The lowest BCUT2D eigenvalue weighted by Gasteiger charge is -2.30. The van der Waals surface area contributed by atoms with Crippen LogP contribution in [0.3, 0.4) is 0 Å². The van der Waals surface area contributed by atoms with Gasteiger partial charge in [-0.3, -0.25) is 4.79 Å². The molecule has 0 saturated carbocycles. The highest BCUT2D eigenvalue weighted by Gasteiger charge is 2.23. The van der Waals surface area contributed by atoms with Crippen molar-refractivity contribution in [3.05, 3.63) is 29.3 Å². The second-order valence-electron chi connectivity index (χ2n) is 6.53. The molecule has 0 bridgehead atoms. The Morgan fingerprint density at radius 1 is 1.40 bits per heavy atom. The Kier molecular flexibility index (Phi) is 4.59. The Labute approximate surface area is 150 Å². The number of carbonyl (C=O) groups is 1. The largest absolute Gasteiger partial charge is 0.454 e. The van der Waals surface area contributed by atoms with E-state index < -0.39 is 0 Å². The van der Waals surface area contributed by atoms with Gasteiger partial charge >= 0.3 is 0 Å². The van der Waals surface area contributed by atoms with E-state index in [1.807, 2.05) is 23.6 Å². The van der Waals surface area contributed by atoms with E-state index in [9.17, 15) is 4.79 Å². The molecule has 3 heterocycles. The van der Waals surface area contributed by atoms with Crippen LogP contribution >= 0.6 is 11.3 Å². The first-order chi connectivity index (χ1) is 12.2. The normalized spacial score (nSPS) is 22.0. The second kappa shape index (κ2) is 7.01. The molecule has 2 N–H and O–H groups in total. The summed E-state index contributed by atoms with van der Waals surface area (Å²) in [5.74, 6) is 2.00. The van der Waals surface area contributed by atoms with E-state index in [0.717, 1.165) is 47.3 Å². The van der Waals surface area contributed by atoms with E-state index >= 15 is 0 Å². The third kappa shape index (κ3) is 3.62. The number of aromatic nitrogens is 1. The van der Waals surface area contributed by atoms with E-state index in [2.05, 4.69) is 22.5 Å². The summed E-state index contributed by atoms with van der Waals surface area (Å²) in [5.41, 5.74) is 1.78. The monoisotopic (exact) mass is 359 g/mol. The molecule has 0 spiro atoms. The molecule has 2 unspecified atom stereocenters. The van der Waals surface area contributed by atoms with Gasteiger partial charge in [0, 0.05) is 17.0 Å². The molecule has 2 aliphatic heterocycles. The Balaban J connectivity index is 1.40. The average molecular weight is 359 g/mol. The minimum absolute atomic E-state index is 0.0429. The molecule has 6 nitrogen and oxygen atoms in total. The van der Waals surface area contributed by atoms with Crippen molar-refractivity contribution in [3.63, 3.8) is 0 Å². The molecule has 1 saturated heterocycles. The van der Waals surface area contributed by atoms with Gasteiger partial charge in [0.2, 0.25) is 12.7 Å².